The molecule has 3 heterocycles. The fourth-order valence-electron chi connectivity index (χ4n) is 4.61. The quantitative estimate of drug-likeness (QED) is 0.394. The second kappa shape index (κ2) is 9.37. The molecule has 0 spiro atoms. The van der Waals surface area contributed by atoms with Gasteiger partial charge in [0.05, 0.1) is 5.70 Å². The number of thiocarbonyl (C=S) groups is 1. The van der Waals surface area contributed by atoms with E-state index in [1.807, 2.05) is 42.5 Å². The van der Waals surface area contributed by atoms with Crippen LogP contribution in [0.5, 0.6) is 0 Å². The summed E-state index contributed by atoms with van der Waals surface area (Å²) in [7, 11) is 1.66. The Balaban J connectivity index is 1.85. The number of aryl methyl sites for hydroxylation is 1. The first kappa shape index (κ1) is 24.0. The van der Waals surface area contributed by atoms with Crippen molar-refractivity contribution >= 4 is 63.4 Å². The number of para-hydroxylation sites is 1. The number of thiazole rings is 1. The van der Waals surface area contributed by atoms with Crippen molar-refractivity contribution < 1.29 is 4.79 Å². The van der Waals surface area contributed by atoms with Crippen LogP contribution in [0.25, 0.3) is 17.5 Å². The number of hydrogen-bond donors (Lipinski definition) is 0. The number of hydrogen-bond acceptors (Lipinski definition) is 5. The summed E-state index contributed by atoms with van der Waals surface area (Å²) >= 11 is 6.97. The van der Waals surface area contributed by atoms with Crippen LogP contribution in [0.1, 0.15) is 18.1 Å². The number of aromatic nitrogens is 1. The van der Waals surface area contributed by atoms with Crippen molar-refractivity contribution in [2.75, 3.05) is 23.4 Å². The number of amides is 1. The average Bonchev–Trinajstić information content (AvgIpc) is 3.32. The predicted octanol–water partition coefficient (Wildman–Crippen LogP) is 3.44. The molecule has 2 aromatic carbocycles. The topological polar surface area (TPSA) is 48.8 Å². The van der Waals surface area contributed by atoms with Crippen molar-refractivity contribution in [3.05, 3.63) is 97.9 Å². The van der Waals surface area contributed by atoms with Gasteiger partial charge in [0.15, 0.2) is 5.11 Å². The summed E-state index contributed by atoms with van der Waals surface area (Å²) in [5.74, 6) is -0.244. The van der Waals surface area contributed by atoms with E-state index in [0.717, 1.165) is 22.6 Å². The van der Waals surface area contributed by atoms with Crippen LogP contribution in [0.2, 0.25) is 0 Å². The second-order valence-corrected chi connectivity index (χ2v) is 10.00. The molecule has 0 unspecified atom stereocenters. The number of allylic oxidation sites excluding steroid dienone is 1. The largest absolute Gasteiger partial charge is 0.340 e. The maximum Gasteiger partial charge on any atom is 0.279 e. The predicted molar refractivity (Wildman–Crippen MR) is 152 cm³/mol. The molecule has 5 rings (SSSR count). The van der Waals surface area contributed by atoms with Crippen molar-refractivity contribution in [3.8, 4) is 0 Å². The Hall–Kier alpha value is -3.75. The number of fused-ring (bicyclic) bond motifs is 1. The van der Waals surface area contributed by atoms with Gasteiger partial charge in [-0.15, -0.1) is 17.9 Å². The Morgan fingerprint density at radius 2 is 1.83 bits per heavy atom. The first-order chi connectivity index (χ1) is 17.4. The lowest BCUT2D eigenvalue weighted by Gasteiger charge is -2.29. The third kappa shape index (κ3) is 3.73. The molecule has 2 aliphatic rings. The fourth-order valence-corrected chi connectivity index (χ4v) is 6.11. The zero-order valence-corrected chi connectivity index (χ0v) is 22.0. The summed E-state index contributed by atoms with van der Waals surface area (Å²) in [6.07, 6.45) is 5.72. The summed E-state index contributed by atoms with van der Waals surface area (Å²) in [6, 6.07) is 15.8. The SMILES string of the molecule is C=CCn1c(=O)/c(=C2/C=Cc3cc(C)ccc3N2CC)s/c1=C1/C(=O)N(C)C(=S)N1c1ccccc1. The summed E-state index contributed by atoms with van der Waals surface area (Å²) in [5, 5.41) is 0.374. The number of nitrogens with zero attached hydrogens (tertiary/aromatic N) is 4. The maximum absolute atomic E-state index is 13.8. The standard InChI is InChI=1S/C28H26N4O2S2/c1-5-16-31-26(34)24(22-15-13-19-17-18(3)12-14-21(19)30(22)6-2)36-27(31)23-25(33)29(4)28(35)32(23)20-10-8-7-9-11-20/h5,7-15,17H,1,6,16H2,2-4H3/b24-22+,27-23-. The summed E-state index contributed by atoms with van der Waals surface area (Å²) in [6.45, 7) is 8.96. The maximum atomic E-state index is 13.8. The van der Waals surface area contributed by atoms with E-state index >= 15 is 0 Å². The molecule has 182 valence electrons. The monoisotopic (exact) mass is 514 g/mol. The first-order valence-corrected chi connectivity index (χ1v) is 12.9. The van der Waals surface area contributed by atoms with Gasteiger partial charge in [-0.1, -0.05) is 42.0 Å². The van der Waals surface area contributed by atoms with Crippen molar-refractivity contribution in [1.29, 1.82) is 0 Å². The molecule has 3 aromatic rings. The van der Waals surface area contributed by atoms with E-state index in [9.17, 15) is 9.59 Å². The highest BCUT2D eigenvalue weighted by atomic mass is 32.1. The molecule has 6 nitrogen and oxygen atoms in total. The molecule has 2 aliphatic heterocycles. The second-order valence-electron chi connectivity index (χ2n) is 8.63. The normalized spacial score (nSPS) is 18.2. The third-order valence-electron chi connectivity index (χ3n) is 6.36. The van der Waals surface area contributed by atoms with Gasteiger partial charge in [0.2, 0.25) is 0 Å². The molecule has 1 aromatic heterocycles. The molecule has 0 atom stereocenters. The highest BCUT2D eigenvalue weighted by molar-refractivity contribution is 7.80. The molecule has 1 fully saturated rings. The zero-order chi connectivity index (χ0) is 25.6. The van der Waals surface area contributed by atoms with Crippen molar-refractivity contribution in [3.63, 3.8) is 0 Å². The van der Waals surface area contributed by atoms with Gasteiger partial charge in [0.25, 0.3) is 11.5 Å². The Bertz CT molecular complexity index is 1620. The van der Waals surface area contributed by atoms with Crippen LogP contribution in [-0.4, -0.2) is 34.1 Å². The molecule has 1 amide bonds. The van der Waals surface area contributed by atoms with Gasteiger partial charge in [0, 0.05) is 31.5 Å². The molecule has 0 radical (unpaired) electrons. The summed E-state index contributed by atoms with van der Waals surface area (Å²) in [4.78, 5) is 32.6. The van der Waals surface area contributed by atoms with Gasteiger partial charge >= 0.3 is 0 Å². The lowest BCUT2D eigenvalue weighted by molar-refractivity contribution is -0.119. The third-order valence-corrected chi connectivity index (χ3v) is 8.01. The highest BCUT2D eigenvalue weighted by Gasteiger charge is 2.38. The minimum Gasteiger partial charge on any atom is -0.340 e. The van der Waals surface area contributed by atoms with E-state index in [0.29, 0.717) is 26.5 Å². The Kier molecular flexibility index (Phi) is 6.24. The molecular formula is C28H26N4O2S2. The van der Waals surface area contributed by atoms with Crippen LogP contribution in [0.15, 0.2) is 72.1 Å². The molecule has 0 bridgehead atoms. The van der Waals surface area contributed by atoms with Crippen LogP contribution in [-0.2, 0) is 11.3 Å². The Labute approximate surface area is 219 Å². The van der Waals surface area contributed by atoms with E-state index in [-0.39, 0.29) is 18.0 Å². The smallest absolute Gasteiger partial charge is 0.279 e. The summed E-state index contributed by atoms with van der Waals surface area (Å²) in [5.41, 5.74) is 5.17. The van der Waals surface area contributed by atoms with Crippen LogP contribution in [0.4, 0.5) is 11.4 Å². The minimum atomic E-state index is -0.244. The van der Waals surface area contributed by atoms with E-state index < -0.39 is 0 Å². The van der Waals surface area contributed by atoms with Gasteiger partial charge in [0.1, 0.15) is 14.9 Å². The number of anilines is 2. The molecule has 0 aliphatic carbocycles. The molecular weight excluding hydrogens is 488 g/mol. The van der Waals surface area contributed by atoms with Crippen molar-refractivity contribution in [2.24, 2.45) is 0 Å². The van der Waals surface area contributed by atoms with Crippen molar-refractivity contribution in [1.82, 2.24) is 9.47 Å². The van der Waals surface area contributed by atoms with Crippen LogP contribution in [0.3, 0.4) is 0 Å². The molecule has 1 saturated heterocycles. The number of benzene rings is 2. The Morgan fingerprint density at radius 3 is 2.53 bits per heavy atom. The van der Waals surface area contributed by atoms with Gasteiger partial charge in [-0.25, -0.2) is 0 Å². The van der Waals surface area contributed by atoms with Crippen molar-refractivity contribution in [2.45, 2.75) is 20.4 Å². The average molecular weight is 515 g/mol. The van der Waals surface area contributed by atoms with E-state index in [1.165, 1.54) is 21.8 Å². The van der Waals surface area contributed by atoms with E-state index in [1.54, 1.807) is 22.6 Å². The highest BCUT2D eigenvalue weighted by Crippen LogP contribution is 2.32. The van der Waals surface area contributed by atoms with E-state index in [4.69, 9.17) is 12.2 Å². The van der Waals surface area contributed by atoms with Gasteiger partial charge < -0.3 is 4.90 Å². The first-order valence-electron chi connectivity index (χ1n) is 11.7. The van der Waals surface area contributed by atoms with Crippen LogP contribution >= 0.6 is 23.6 Å². The minimum absolute atomic E-state index is 0.155. The molecule has 0 saturated carbocycles. The Morgan fingerprint density at radius 1 is 1.08 bits per heavy atom. The van der Waals surface area contributed by atoms with Gasteiger partial charge in [-0.2, -0.15) is 0 Å². The van der Waals surface area contributed by atoms with Crippen LogP contribution < -0.4 is 24.6 Å². The van der Waals surface area contributed by atoms with Gasteiger partial charge in [-0.05, 0) is 62.0 Å². The number of carbonyl (C=O) groups is 1. The zero-order valence-electron chi connectivity index (χ0n) is 20.4. The lowest BCUT2D eigenvalue weighted by Crippen LogP contribution is -2.37. The summed E-state index contributed by atoms with van der Waals surface area (Å²) < 4.78 is 2.75. The molecule has 0 N–H and O–H groups in total. The molecule has 8 heteroatoms. The number of rotatable bonds is 4. The van der Waals surface area contributed by atoms with Crippen LogP contribution in [0, 0.1) is 6.92 Å². The fraction of sp³-hybridized carbons (Fsp3) is 0.179. The number of likely N-dealkylation sites (N-methyl/N-ethyl adjacent to an activating group) is 2. The van der Waals surface area contributed by atoms with Gasteiger partial charge in [-0.3, -0.25) is 24.0 Å². The van der Waals surface area contributed by atoms with E-state index in [2.05, 4.69) is 43.5 Å². The molecule has 36 heavy (non-hydrogen) atoms. The number of carbonyl (C=O) groups excluding carboxylic acids is 1. The lowest BCUT2D eigenvalue weighted by atomic mass is 10.0.